The Morgan fingerprint density at radius 3 is 2.57 bits per heavy atom. The monoisotopic (exact) mass is 313 g/mol. The largest absolute Gasteiger partial charge is 0.341 e. The van der Waals surface area contributed by atoms with E-state index in [9.17, 15) is 9.18 Å². The van der Waals surface area contributed by atoms with Gasteiger partial charge in [0.05, 0.1) is 12.0 Å². The van der Waals surface area contributed by atoms with Crippen molar-refractivity contribution in [3.63, 3.8) is 0 Å². The lowest BCUT2D eigenvalue weighted by molar-refractivity contribution is -0.134. The third-order valence-corrected chi connectivity index (χ3v) is 4.17. The van der Waals surface area contributed by atoms with Crippen molar-refractivity contribution < 1.29 is 9.18 Å². The number of nitrogens with zero attached hydrogens (tertiary/aromatic N) is 1. The summed E-state index contributed by atoms with van der Waals surface area (Å²) >= 11 is 0. The van der Waals surface area contributed by atoms with Crippen molar-refractivity contribution >= 4 is 5.91 Å². The molecular weight excluding hydrogens is 293 g/mol. The molecule has 120 valence electrons. The summed E-state index contributed by atoms with van der Waals surface area (Å²) in [6.45, 7) is 1.06. The molecule has 1 amide bonds. The zero-order valence-electron chi connectivity index (χ0n) is 13.0. The Bertz CT molecular complexity index is 660. The SMILES string of the molecule is CN(Cc1ccc(F)cc1)C(=O)C1CNNC1c1ccccc1. The first-order valence-corrected chi connectivity index (χ1v) is 7.68. The van der Waals surface area contributed by atoms with Crippen LogP contribution in [0.15, 0.2) is 54.6 Å². The summed E-state index contributed by atoms with van der Waals surface area (Å²) in [4.78, 5) is 14.5. The van der Waals surface area contributed by atoms with Gasteiger partial charge in [0.15, 0.2) is 0 Å². The van der Waals surface area contributed by atoms with Crippen molar-refractivity contribution in [3.8, 4) is 0 Å². The predicted octanol–water partition coefficient (Wildman–Crippen LogP) is 2.25. The predicted molar refractivity (Wildman–Crippen MR) is 86.7 cm³/mol. The van der Waals surface area contributed by atoms with E-state index in [4.69, 9.17) is 0 Å². The number of amides is 1. The molecule has 0 spiro atoms. The van der Waals surface area contributed by atoms with Crippen LogP contribution in [0, 0.1) is 11.7 Å². The summed E-state index contributed by atoms with van der Waals surface area (Å²) < 4.78 is 13.0. The molecule has 3 rings (SSSR count). The molecule has 5 heteroatoms. The summed E-state index contributed by atoms with van der Waals surface area (Å²) in [6.07, 6.45) is 0. The van der Waals surface area contributed by atoms with E-state index in [0.717, 1.165) is 11.1 Å². The zero-order chi connectivity index (χ0) is 16.2. The number of benzene rings is 2. The van der Waals surface area contributed by atoms with E-state index >= 15 is 0 Å². The van der Waals surface area contributed by atoms with E-state index in [0.29, 0.717) is 13.1 Å². The minimum Gasteiger partial charge on any atom is -0.341 e. The molecule has 4 nitrogen and oxygen atoms in total. The average Bonchev–Trinajstić information content (AvgIpc) is 3.06. The van der Waals surface area contributed by atoms with Crippen molar-refractivity contribution in [1.29, 1.82) is 0 Å². The van der Waals surface area contributed by atoms with Crippen LogP contribution in [0.25, 0.3) is 0 Å². The number of halogens is 1. The Morgan fingerprint density at radius 2 is 1.87 bits per heavy atom. The molecule has 2 unspecified atom stereocenters. The van der Waals surface area contributed by atoms with Crippen LogP contribution in [0.2, 0.25) is 0 Å². The Kier molecular flexibility index (Phi) is 4.69. The Morgan fingerprint density at radius 1 is 1.17 bits per heavy atom. The van der Waals surface area contributed by atoms with Crippen molar-refractivity contribution in [1.82, 2.24) is 15.8 Å². The first-order chi connectivity index (χ1) is 11.1. The van der Waals surface area contributed by atoms with Gasteiger partial charge < -0.3 is 4.90 Å². The summed E-state index contributed by atoms with van der Waals surface area (Å²) in [5.41, 5.74) is 8.27. The second-order valence-electron chi connectivity index (χ2n) is 5.84. The standard InChI is InChI=1S/C18H20FN3O/c1-22(12-13-7-9-15(19)10-8-13)18(23)16-11-20-21-17(16)14-5-3-2-4-6-14/h2-10,16-17,20-21H,11-12H2,1H3. The second-order valence-corrected chi connectivity index (χ2v) is 5.84. The Hall–Kier alpha value is -2.24. The molecule has 1 heterocycles. The zero-order valence-corrected chi connectivity index (χ0v) is 13.0. The first-order valence-electron chi connectivity index (χ1n) is 7.68. The van der Waals surface area contributed by atoms with Gasteiger partial charge in [-0.3, -0.25) is 10.2 Å². The molecule has 0 aliphatic carbocycles. The lowest BCUT2D eigenvalue weighted by atomic mass is 9.93. The van der Waals surface area contributed by atoms with E-state index in [1.165, 1.54) is 12.1 Å². The lowest BCUT2D eigenvalue weighted by Crippen LogP contribution is -2.36. The van der Waals surface area contributed by atoms with Crippen LogP contribution in [-0.2, 0) is 11.3 Å². The molecule has 2 aromatic carbocycles. The van der Waals surface area contributed by atoms with Gasteiger partial charge in [-0.25, -0.2) is 9.82 Å². The highest BCUT2D eigenvalue weighted by Crippen LogP contribution is 2.26. The molecule has 1 aliphatic heterocycles. The molecule has 2 N–H and O–H groups in total. The van der Waals surface area contributed by atoms with Crippen LogP contribution in [0.5, 0.6) is 0 Å². The fourth-order valence-corrected chi connectivity index (χ4v) is 2.93. The van der Waals surface area contributed by atoms with Crippen LogP contribution in [-0.4, -0.2) is 24.4 Å². The summed E-state index contributed by atoms with van der Waals surface area (Å²) in [5.74, 6) is -0.361. The molecule has 0 bridgehead atoms. The van der Waals surface area contributed by atoms with Crippen molar-refractivity contribution in [3.05, 3.63) is 71.5 Å². The van der Waals surface area contributed by atoms with Gasteiger partial charge in [0.2, 0.25) is 5.91 Å². The smallest absolute Gasteiger partial charge is 0.229 e. The molecule has 1 aliphatic rings. The van der Waals surface area contributed by atoms with Gasteiger partial charge in [-0.15, -0.1) is 0 Å². The summed E-state index contributed by atoms with van der Waals surface area (Å²) in [6, 6.07) is 16.1. The maximum Gasteiger partial charge on any atom is 0.229 e. The van der Waals surface area contributed by atoms with Crippen LogP contribution in [0.4, 0.5) is 4.39 Å². The number of carbonyl (C=O) groups is 1. The van der Waals surface area contributed by atoms with Crippen LogP contribution in [0.1, 0.15) is 17.2 Å². The summed E-state index contributed by atoms with van der Waals surface area (Å²) in [5, 5.41) is 0. The van der Waals surface area contributed by atoms with Gasteiger partial charge in [-0.05, 0) is 23.3 Å². The number of hydrogen-bond acceptors (Lipinski definition) is 3. The van der Waals surface area contributed by atoms with Gasteiger partial charge in [0, 0.05) is 20.1 Å². The molecule has 2 aromatic rings. The van der Waals surface area contributed by atoms with Crippen LogP contribution >= 0.6 is 0 Å². The third-order valence-electron chi connectivity index (χ3n) is 4.17. The second kappa shape index (κ2) is 6.89. The minimum absolute atomic E-state index is 0.0423. The van der Waals surface area contributed by atoms with E-state index in [2.05, 4.69) is 10.9 Å². The van der Waals surface area contributed by atoms with Crippen molar-refractivity contribution in [2.45, 2.75) is 12.6 Å². The lowest BCUT2D eigenvalue weighted by Gasteiger charge is -2.24. The molecule has 23 heavy (non-hydrogen) atoms. The number of rotatable bonds is 4. The fourth-order valence-electron chi connectivity index (χ4n) is 2.93. The highest BCUT2D eigenvalue weighted by atomic mass is 19.1. The molecule has 1 fully saturated rings. The molecule has 0 saturated carbocycles. The Labute approximate surface area is 135 Å². The van der Waals surface area contributed by atoms with Crippen molar-refractivity contribution in [2.24, 2.45) is 5.92 Å². The molecule has 2 atom stereocenters. The number of hydrazine groups is 1. The fraction of sp³-hybridized carbons (Fsp3) is 0.278. The number of carbonyl (C=O) groups excluding carboxylic acids is 1. The van der Waals surface area contributed by atoms with E-state index < -0.39 is 0 Å². The maximum absolute atomic E-state index is 13.0. The average molecular weight is 313 g/mol. The third kappa shape index (κ3) is 3.57. The van der Waals surface area contributed by atoms with Gasteiger partial charge in [0.1, 0.15) is 5.82 Å². The van der Waals surface area contributed by atoms with Gasteiger partial charge in [-0.1, -0.05) is 42.5 Å². The number of nitrogens with one attached hydrogen (secondary N) is 2. The normalized spacial score (nSPS) is 20.4. The molecule has 0 aromatic heterocycles. The highest BCUT2D eigenvalue weighted by molar-refractivity contribution is 5.80. The van der Waals surface area contributed by atoms with E-state index in [-0.39, 0.29) is 23.7 Å². The molecular formula is C18H20FN3O. The van der Waals surface area contributed by atoms with Crippen LogP contribution < -0.4 is 10.9 Å². The van der Waals surface area contributed by atoms with E-state index in [1.807, 2.05) is 30.3 Å². The number of hydrogen-bond donors (Lipinski definition) is 2. The van der Waals surface area contributed by atoms with Gasteiger partial charge in [0.25, 0.3) is 0 Å². The van der Waals surface area contributed by atoms with Gasteiger partial charge >= 0.3 is 0 Å². The van der Waals surface area contributed by atoms with Crippen LogP contribution in [0.3, 0.4) is 0 Å². The van der Waals surface area contributed by atoms with E-state index in [1.54, 1.807) is 24.1 Å². The highest BCUT2D eigenvalue weighted by Gasteiger charge is 2.35. The quantitative estimate of drug-likeness (QED) is 0.910. The van der Waals surface area contributed by atoms with Gasteiger partial charge in [-0.2, -0.15) is 0 Å². The minimum atomic E-state index is -0.268. The summed E-state index contributed by atoms with van der Waals surface area (Å²) in [7, 11) is 1.78. The molecule has 0 radical (unpaired) electrons. The Balaban J connectivity index is 1.70. The maximum atomic E-state index is 13.0. The topological polar surface area (TPSA) is 44.4 Å². The molecule has 1 saturated heterocycles. The van der Waals surface area contributed by atoms with Crippen molar-refractivity contribution in [2.75, 3.05) is 13.6 Å². The first kappa shape index (κ1) is 15.6.